The van der Waals surface area contributed by atoms with E-state index in [0.717, 1.165) is 29.6 Å². The van der Waals surface area contributed by atoms with Gasteiger partial charge in [-0.05, 0) is 38.5 Å². The van der Waals surface area contributed by atoms with Crippen LogP contribution in [0.15, 0.2) is 46.6 Å². The van der Waals surface area contributed by atoms with Crippen LogP contribution < -0.4 is 10.7 Å². The summed E-state index contributed by atoms with van der Waals surface area (Å²) in [6.07, 6.45) is -1.21. The van der Waals surface area contributed by atoms with Gasteiger partial charge in [-0.15, -0.1) is 0 Å². The highest BCUT2D eigenvalue weighted by atomic mass is 32.2. The molecule has 33 heavy (non-hydrogen) atoms. The molecule has 6 nitrogen and oxygen atoms in total. The Balaban J connectivity index is 1.72. The second-order valence-electron chi connectivity index (χ2n) is 8.15. The second-order valence-corrected chi connectivity index (χ2v) is 9.21. The lowest BCUT2D eigenvalue weighted by Gasteiger charge is -2.20. The van der Waals surface area contributed by atoms with Crippen molar-refractivity contribution in [1.29, 1.82) is 0 Å². The van der Waals surface area contributed by atoms with Gasteiger partial charge in [-0.2, -0.15) is 13.2 Å². The van der Waals surface area contributed by atoms with E-state index in [4.69, 9.17) is 0 Å². The smallest absolute Gasteiger partial charge is 0.348 e. The average molecular weight is 477 g/mol. The number of fused-ring (bicyclic) bond motifs is 1. The molecular formula is C23H23F3N4O2S. The molecule has 174 valence electrons. The molecule has 10 heteroatoms. The number of aromatic nitrogens is 3. The lowest BCUT2D eigenvalue weighted by Crippen LogP contribution is -2.31. The van der Waals surface area contributed by atoms with Crippen LogP contribution in [0.4, 0.5) is 13.2 Å². The van der Waals surface area contributed by atoms with Gasteiger partial charge in [0.25, 0.3) is 5.91 Å². The highest BCUT2D eigenvalue weighted by molar-refractivity contribution is 7.99. The van der Waals surface area contributed by atoms with E-state index in [9.17, 15) is 22.8 Å². The zero-order chi connectivity index (χ0) is 23.9. The predicted molar refractivity (Wildman–Crippen MR) is 120 cm³/mol. The Morgan fingerprint density at radius 3 is 2.70 bits per heavy atom. The lowest BCUT2D eigenvalue weighted by atomic mass is 9.98. The number of halogens is 3. The summed E-state index contributed by atoms with van der Waals surface area (Å²) >= 11 is 1.64. The van der Waals surface area contributed by atoms with Crippen molar-refractivity contribution in [1.82, 2.24) is 19.4 Å². The van der Waals surface area contributed by atoms with Crippen LogP contribution in [0, 0.1) is 6.92 Å². The van der Waals surface area contributed by atoms with Crippen LogP contribution in [0.2, 0.25) is 0 Å². The topological polar surface area (TPSA) is 68.9 Å². The highest BCUT2D eigenvalue weighted by Gasteiger charge is 2.31. The molecule has 4 rings (SSSR count). The zero-order valence-electron chi connectivity index (χ0n) is 18.4. The van der Waals surface area contributed by atoms with Crippen molar-refractivity contribution in [2.75, 3.05) is 5.75 Å². The SMILES string of the molecule is Cc1c(-c2cccc(C(F)(F)F)c2)c(=O)c(C(=O)NCc2cn3c(n2)SCC3)cn1C(C)C. The van der Waals surface area contributed by atoms with Crippen LogP contribution >= 0.6 is 11.8 Å². The first-order valence-corrected chi connectivity index (χ1v) is 11.4. The van der Waals surface area contributed by atoms with Gasteiger partial charge in [0.1, 0.15) is 5.56 Å². The fraction of sp³-hybridized carbons (Fsp3) is 0.348. The van der Waals surface area contributed by atoms with Crippen LogP contribution in [-0.2, 0) is 19.3 Å². The van der Waals surface area contributed by atoms with E-state index in [1.165, 1.54) is 18.3 Å². The maximum Gasteiger partial charge on any atom is 0.416 e. The summed E-state index contributed by atoms with van der Waals surface area (Å²) in [5, 5.41) is 3.62. The second kappa shape index (κ2) is 8.74. The van der Waals surface area contributed by atoms with Crippen molar-refractivity contribution in [3.05, 3.63) is 69.4 Å². The number of pyridine rings is 1. The molecule has 0 bridgehead atoms. The summed E-state index contributed by atoms with van der Waals surface area (Å²) in [6.45, 7) is 6.42. The molecule has 1 aliphatic heterocycles. The van der Waals surface area contributed by atoms with E-state index in [1.807, 2.05) is 24.6 Å². The minimum atomic E-state index is -4.54. The van der Waals surface area contributed by atoms with Crippen LogP contribution in [0.1, 0.15) is 47.2 Å². The van der Waals surface area contributed by atoms with Crippen LogP contribution in [0.3, 0.4) is 0 Å². The molecule has 1 aromatic carbocycles. The van der Waals surface area contributed by atoms with Gasteiger partial charge in [-0.25, -0.2) is 4.98 Å². The molecule has 0 unspecified atom stereocenters. The quantitative estimate of drug-likeness (QED) is 0.582. The van der Waals surface area contributed by atoms with Crippen molar-refractivity contribution in [2.24, 2.45) is 0 Å². The van der Waals surface area contributed by atoms with E-state index in [2.05, 4.69) is 10.3 Å². The highest BCUT2D eigenvalue weighted by Crippen LogP contribution is 2.32. The molecule has 1 N–H and O–H groups in total. The monoisotopic (exact) mass is 476 g/mol. The average Bonchev–Trinajstić information content (AvgIpc) is 3.33. The number of carbonyl (C=O) groups excluding carboxylic acids is 1. The fourth-order valence-electron chi connectivity index (χ4n) is 3.92. The number of nitrogens with zero attached hydrogens (tertiary/aromatic N) is 3. The largest absolute Gasteiger partial charge is 0.416 e. The van der Waals surface area contributed by atoms with Crippen molar-refractivity contribution >= 4 is 17.7 Å². The van der Waals surface area contributed by atoms with Gasteiger partial charge in [0.15, 0.2) is 5.16 Å². The van der Waals surface area contributed by atoms with Crippen LogP contribution in [0.25, 0.3) is 11.1 Å². The summed E-state index contributed by atoms with van der Waals surface area (Å²) in [7, 11) is 0. The first-order chi connectivity index (χ1) is 15.6. The third-order valence-corrected chi connectivity index (χ3v) is 6.52. The number of alkyl halides is 3. The maximum atomic E-state index is 13.3. The molecule has 0 saturated heterocycles. The molecule has 0 saturated carbocycles. The molecule has 0 aliphatic carbocycles. The minimum absolute atomic E-state index is 0.0832. The van der Waals surface area contributed by atoms with Gasteiger partial charge >= 0.3 is 6.18 Å². The van der Waals surface area contributed by atoms with E-state index in [1.54, 1.807) is 23.3 Å². The molecule has 0 radical (unpaired) electrons. The van der Waals surface area contributed by atoms with Gasteiger partial charge in [-0.3, -0.25) is 9.59 Å². The Bertz CT molecular complexity index is 1260. The minimum Gasteiger partial charge on any atom is -0.348 e. The molecule has 0 atom stereocenters. The molecule has 3 heterocycles. The normalized spacial score (nSPS) is 13.4. The predicted octanol–water partition coefficient (Wildman–Crippen LogP) is 4.66. The fourth-order valence-corrected chi connectivity index (χ4v) is 4.89. The van der Waals surface area contributed by atoms with Gasteiger partial charge in [0.05, 0.1) is 17.8 Å². The number of thioether (sulfide) groups is 1. The van der Waals surface area contributed by atoms with Crippen LogP contribution in [0.5, 0.6) is 0 Å². The first-order valence-electron chi connectivity index (χ1n) is 10.5. The summed E-state index contributed by atoms with van der Waals surface area (Å²) in [4.78, 5) is 30.7. The Morgan fingerprint density at radius 1 is 1.27 bits per heavy atom. The Morgan fingerprint density at radius 2 is 2.03 bits per heavy atom. The molecule has 2 aromatic heterocycles. The third kappa shape index (κ3) is 4.57. The van der Waals surface area contributed by atoms with E-state index in [0.29, 0.717) is 11.4 Å². The number of rotatable bonds is 5. The van der Waals surface area contributed by atoms with Crippen molar-refractivity contribution in [3.63, 3.8) is 0 Å². The standard InChI is InChI=1S/C23H23F3N4O2S/c1-13(2)30-12-18(21(32)27-10-17-11-29-7-8-33-22(29)28-17)20(31)19(14(30)3)15-5-4-6-16(9-15)23(24,25)26/h4-6,9,11-13H,7-8,10H2,1-3H3,(H,27,32). The summed E-state index contributed by atoms with van der Waals surface area (Å²) in [6, 6.07) is 4.50. The Kier molecular flexibility index (Phi) is 6.13. The van der Waals surface area contributed by atoms with Crippen LogP contribution in [-0.4, -0.2) is 25.8 Å². The molecule has 0 spiro atoms. The molecule has 1 amide bonds. The van der Waals surface area contributed by atoms with Gasteiger partial charge < -0.3 is 14.5 Å². The molecular weight excluding hydrogens is 453 g/mol. The number of carbonyl (C=O) groups is 1. The number of hydrogen-bond donors (Lipinski definition) is 1. The van der Waals surface area contributed by atoms with E-state index < -0.39 is 23.1 Å². The molecule has 3 aromatic rings. The first kappa shape index (κ1) is 23.2. The third-order valence-electron chi connectivity index (χ3n) is 5.55. The van der Waals surface area contributed by atoms with Crippen molar-refractivity contribution in [3.8, 4) is 11.1 Å². The summed E-state index contributed by atoms with van der Waals surface area (Å²) < 4.78 is 43.5. The number of nitrogens with one attached hydrogen (secondary N) is 1. The summed E-state index contributed by atoms with van der Waals surface area (Å²) in [5.41, 5.74) is -0.200. The number of hydrogen-bond acceptors (Lipinski definition) is 4. The van der Waals surface area contributed by atoms with Gasteiger partial charge in [0, 0.05) is 42.0 Å². The Hall–Kier alpha value is -3.01. The lowest BCUT2D eigenvalue weighted by molar-refractivity contribution is -0.137. The number of benzene rings is 1. The van der Waals surface area contributed by atoms with Crippen molar-refractivity contribution < 1.29 is 18.0 Å². The van der Waals surface area contributed by atoms with E-state index in [-0.39, 0.29) is 29.3 Å². The van der Waals surface area contributed by atoms with Gasteiger partial charge in [0.2, 0.25) is 5.43 Å². The summed E-state index contributed by atoms with van der Waals surface area (Å²) in [5.74, 6) is 0.370. The number of aryl methyl sites for hydroxylation is 1. The van der Waals surface area contributed by atoms with Gasteiger partial charge in [-0.1, -0.05) is 23.9 Å². The zero-order valence-corrected chi connectivity index (χ0v) is 19.2. The number of amides is 1. The molecule has 0 fully saturated rings. The molecule has 1 aliphatic rings. The number of imidazole rings is 1. The Labute approximate surface area is 192 Å². The van der Waals surface area contributed by atoms with Crippen molar-refractivity contribution in [2.45, 2.75) is 51.2 Å². The maximum absolute atomic E-state index is 13.3. The van der Waals surface area contributed by atoms with E-state index >= 15 is 0 Å².